The Morgan fingerprint density at radius 3 is 2.11 bits per heavy atom. The average molecular weight is 541 g/mol. The lowest BCUT2D eigenvalue weighted by Crippen LogP contribution is -2.35. The maximum absolute atomic E-state index is 14.2. The monoisotopic (exact) mass is 540 g/mol. The second-order valence-corrected chi connectivity index (χ2v) is 8.91. The van der Waals surface area contributed by atoms with Crippen LogP contribution in [0, 0.1) is 17.7 Å². The summed E-state index contributed by atoms with van der Waals surface area (Å²) in [5, 5.41) is 14.1. The summed E-state index contributed by atoms with van der Waals surface area (Å²) in [7, 11) is 0.957. The summed E-state index contributed by atoms with van der Waals surface area (Å²) in [4.78, 5) is 35.7. The van der Waals surface area contributed by atoms with Crippen molar-refractivity contribution in [1.82, 2.24) is 10.6 Å². The van der Waals surface area contributed by atoms with Gasteiger partial charge in [0.2, 0.25) is 0 Å². The van der Waals surface area contributed by atoms with Crippen LogP contribution < -0.4 is 20.1 Å². The number of hydrogen-bond donors (Lipinski definition) is 3. The van der Waals surface area contributed by atoms with Crippen LogP contribution in [0.15, 0.2) is 36.4 Å². The molecule has 12 heteroatoms. The van der Waals surface area contributed by atoms with Crippen LogP contribution in [0.25, 0.3) is 0 Å². The molecular weight excluding hydrogens is 512 g/mol. The lowest BCUT2D eigenvalue weighted by molar-refractivity contribution is -0.143. The highest BCUT2D eigenvalue weighted by Gasteiger charge is 2.36. The summed E-state index contributed by atoms with van der Waals surface area (Å²) < 4.78 is 63.2. The molecule has 0 atom stereocenters. The van der Waals surface area contributed by atoms with E-state index in [0.717, 1.165) is 26.0 Å². The fraction of sp³-hybridized carbons (Fsp3) is 0.423. The van der Waals surface area contributed by atoms with E-state index in [1.165, 1.54) is 0 Å². The van der Waals surface area contributed by atoms with Crippen LogP contribution in [0.5, 0.6) is 11.5 Å². The van der Waals surface area contributed by atoms with Crippen molar-refractivity contribution in [3.05, 3.63) is 58.9 Å². The quantitative estimate of drug-likeness (QED) is 0.306. The molecule has 3 N–H and O–H groups in total. The molecule has 0 saturated heterocycles. The molecule has 2 amide bonds. The first kappa shape index (κ1) is 28.7. The number of carbonyl (C=O) groups excluding carboxylic acids is 2. The standard InChI is InChI=1S/C26H28F4N2O6/c1-37-22-19(10-11-20(21(22)27)26(28,29)30)24(34)32-13-12-31-23(33)16-6-8-18(9-7-16)38-14-15-2-4-17(5-3-15)25(35)36/h6-11,15,17H,2-5,12-14H2,1H3,(H,31,33)(H,32,34)(H,35,36). The number of ether oxygens (including phenoxy) is 2. The zero-order valence-corrected chi connectivity index (χ0v) is 20.6. The van der Waals surface area contributed by atoms with Crippen molar-refractivity contribution in [3.63, 3.8) is 0 Å². The fourth-order valence-electron chi connectivity index (χ4n) is 4.20. The lowest BCUT2D eigenvalue weighted by Gasteiger charge is -2.25. The number of rotatable bonds is 10. The molecule has 38 heavy (non-hydrogen) atoms. The summed E-state index contributed by atoms with van der Waals surface area (Å²) in [5.41, 5.74) is -1.61. The number of carboxylic acids is 1. The van der Waals surface area contributed by atoms with Gasteiger partial charge < -0.3 is 25.2 Å². The maximum Gasteiger partial charge on any atom is 0.419 e. The molecule has 0 spiro atoms. The molecule has 8 nitrogen and oxygen atoms in total. The Labute approximate surface area is 216 Å². The fourth-order valence-corrected chi connectivity index (χ4v) is 4.20. The first-order chi connectivity index (χ1) is 18.0. The number of amides is 2. The van der Waals surface area contributed by atoms with E-state index in [0.29, 0.717) is 36.8 Å². The van der Waals surface area contributed by atoms with Crippen LogP contribution in [-0.4, -0.2) is 49.7 Å². The van der Waals surface area contributed by atoms with Crippen LogP contribution in [0.4, 0.5) is 17.6 Å². The van der Waals surface area contributed by atoms with Gasteiger partial charge in [0.15, 0.2) is 11.6 Å². The minimum Gasteiger partial charge on any atom is -0.493 e. The Morgan fingerprint density at radius 1 is 0.947 bits per heavy atom. The highest BCUT2D eigenvalue weighted by molar-refractivity contribution is 5.97. The maximum atomic E-state index is 14.2. The topological polar surface area (TPSA) is 114 Å². The largest absolute Gasteiger partial charge is 0.493 e. The summed E-state index contributed by atoms with van der Waals surface area (Å²) in [6.07, 6.45) is -2.09. The van der Waals surface area contributed by atoms with Crippen LogP contribution in [0.1, 0.15) is 52.0 Å². The van der Waals surface area contributed by atoms with Crippen molar-refractivity contribution < 1.29 is 46.5 Å². The third-order valence-electron chi connectivity index (χ3n) is 6.35. The number of carbonyl (C=O) groups is 3. The summed E-state index contributed by atoms with van der Waals surface area (Å²) >= 11 is 0. The Hall–Kier alpha value is -3.83. The minimum atomic E-state index is -4.94. The van der Waals surface area contributed by atoms with E-state index in [2.05, 4.69) is 15.4 Å². The first-order valence-electron chi connectivity index (χ1n) is 12.0. The third kappa shape index (κ3) is 7.36. The minimum absolute atomic E-state index is 0.00722. The predicted octanol–water partition coefficient (Wildman–Crippen LogP) is 4.28. The molecule has 1 fully saturated rings. The molecule has 1 aliphatic carbocycles. The van der Waals surface area contributed by atoms with Crippen molar-refractivity contribution in [3.8, 4) is 11.5 Å². The zero-order valence-electron chi connectivity index (χ0n) is 20.6. The predicted molar refractivity (Wildman–Crippen MR) is 128 cm³/mol. The van der Waals surface area contributed by atoms with Gasteiger partial charge in [-0.2, -0.15) is 13.2 Å². The second-order valence-electron chi connectivity index (χ2n) is 8.91. The molecule has 0 aliphatic heterocycles. The van der Waals surface area contributed by atoms with Gasteiger partial charge in [-0.15, -0.1) is 0 Å². The van der Waals surface area contributed by atoms with Crippen molar-refractivity contribution in [2.75, 3.05) is 26.8 Å². The number of carboxylic acid groups (broad SMARTS) is 1. The number of methoxy groups -OCH3 is 1. The normalized spacial score (nSPS) is 17.4. The van der Waals surface area contributed by atoms with Gasteiger partial charge in [0.1, 0.15) is 5.75 Å². The zero-order chi connectivity index (χ0) is 27.9. The molecule has 0 bridgehead atoms. The van der Waals surface area contributed by atoms with Crippen LogP contribution in [0.2, 0.25) is 0 Å². The molecule has 2 aromatic carbocycles. The molecule has 0 aromatic heterocycles. The van der Waals surface area contributed by atoms with E-state index in [4.69, 9.17) is 9.84 Å². The van der Waals surface area contributed by atoms with E-state index < -0.39 is 46.7 Å². The van der Waals surface area contributed by atoms with Crippen molar-refractivity contribution >= 4 is 17.8 Å². The van der Waals surface area contributed by atoms with E-state index >= 15 is 0 Å². The molecule has 1 aliphatic rings. The molecule has 0 radical (unpaired) electrons. The number of alkyl halides is 3. The van der Waals surface area contributed by atoms with Gasteiger partial charge in [-0.05, 0) is 68.0 Å². The van der Waals surface area contributed by atoms with Gasteiger partial charge in [0.05, 0.1) is 30.8 Å². The highest BCUT2D eigenvalue weighted by atomic mass is 19.4. The van der Waals surface area contributed by atoms with Crippen molar-refractivity contribution in [1.29, 1.82) is 0 Å². The van der Waals surface area contributed by atoms with Crippen LogP contribution >= 0.6 is 0 Å². The number of hydrogen-bond acceptors (Lipinski definition) is 5. The Balaban J connectivity index is 1.43. The molecule has 1 saturated carbocycles. The van der Waals surface area contributed by atoms with E-state index in [9.17, 15) is 31.9 Å². The van der Waals surface area contributed by atoms with Gasteiger partial charge in [0.25, 0.3) is 11.8 Å². The number of aliphatic carboxylic acids is 1. The number of halogens is 4. The average Bonchev–Trinajstić information content (AvgIpc) is 2.89. The third-order valence-corrected chi connectivity index (χ3v) is 6.35. The summed E-state index contributed by atoms with van der Waals surface area (Å²) in [6, 6.07) is 7.71. The van der Waals surface area contributed by atoms with E-state index in [1.54, 1.807) is 24.3 Å². The SMILES string of the molecule is COc1c(C(=O)NCCNC(=O)c2ccc(OCC3CCC(C(=O)O)CC3)cc2)ccc(C(F)(F)F)c1F. The summed E-state index contributed by atoms with van der Waals surface area (Å²) in [5.74, 6) is -3.97. The van der Waals surface area contributed by atoms with Gasteiger partial charge in [-0.3, -0.25) is 14.4 Å². The lowest BCUT2D eigenvalue weighted by atomic mass is 9.82. The molecule has 2 aromatic rings. The summed E-state index contributed by atoms with van der Waals surface area (Å²) in [6.45, 7) is 0.403. The molecular formula is C26H28F4N2O6. The van der Waals surface area contributed by atoms with Gasteiger partial charge in [-0.1, -0.05) is 0 Å². The Morgan fingerprint density at radius 2 is 1.55 bits per heavy atom. The Bertz CT molecular complexity index is 1150. The van der Waals surface area contributed by atoms with Gasteiger partial charge >= 0.3 is 12.1 Å². The molecule has 3 rings (SSSR count). The van der Waals surface area contributed by atoms with E-state index in [1.807, 2.05) is 0 Å². The molecule has 206 valence electrons. The van der Waals surface area contributed by atoms with Gasteiger partial charge in [-0.25, -0.2) is 4.39 Å². The van der Waals surface area contributed by atoms with Crippen molar-refractivity contribution in [2.45, 2.75) is 31.9 Å². The van der Waals surface area contributed by atoms with Crippen molar-refractivity contribution in [2.24, 2.45) is 11.8 Å². The van der Waals surface area contributed by atoms with Gasteiger partial charge in [0, 0.05) is 18.7 Å². The smallest absolute Gasteiger partial charge is 0.419 e. The van der Waals surface area contributed by atoms with Crippen LogP contribution in [-0.2, 0) is 11.0 Å². The first-order valence-corrected chi connectivity index (χ1v) is 12.0. The second kappa shape index (κ2) is 12.6. The molecule has 0 heterocycles. The van der Waals surface area contributed by atoms with Crippen LogP contribution in [0.3, 0.4) is 0 Å². The number of nitrogens with one attached hydrogen (secondary N) is 2. The van der Waals surface area contributed by atoms with E-state index in [-0.39, 0.29) is 24.9 Å². The number of benzene rings is 2. The molecule has 0 unspecified atom stereocenters. The Kier molecular flexibility index (Phi) is 9.54. The highest BCUT2D eigenvalue weighted by Crippen LogP contribution is 2.36.